The number of ether oxygens (including phenoxy) is 1. The second-order valence-electron chi connectivity index (χ2n) is 5.35. The van der Waals surface area contributed by atoms with E-state index in [1.807, 2.05) is 6.92 Å². The van der Waals surface area contributed by atoms with Crippen LogP contribution in [0.15, 0.2) is 39.6 Å². The summed E-state index contributed by atoms with van der Waals surface area (Å²) < 4.78 is 5.86. The molecular formula is C18H13BrCl2N2O3. The molecule has 0 radical (unpaired) electrons. The molecule has 0 atom stereocenters. The number of phenols is 1. The molecule has 0 aliphatic rings. The van der Waals surface area contributed by atoms with Crippen molar-refractivity contribution in [1.82, 2.24) is 9.97 Å². The van der Waals surface area contributed by atoms with E-state index in [0.717, 1.165) is 0 Å². The number of benzene rings is 2. The lowest BCUT2D eigenvalue weighted by atomic mass is 10.2. The second kappa shape index (κ2) is 7.70. The number of fused-ring (bicyclic) bond motifs is 1. The molecule has 5 nitrogen and oxygen atoms in total. The molecule has 8 heteroatoms. The molecule has 0 aliphatic heterocycles. The molecule has 0 amide bonds. The summed E-state index contributed by atoms with van der Waals surface area (Å²) >= 11 is 15.5. The predicted octanol–water partition coefficient (Wildman–Crippen LogP) is 5.18. The number of halogens is 3. The lowest BCUT2D eigenvalue weighted by Gasteiger charge is -2.09. The maximum Gasteiger partial charge on any atom is 0.259 e. The number of aromatic nitrogens is 2. The molecule has 0 spiro atoms. The average Bonchev–Trinajstić information content (AvgIpc) is 2.60. The van der Waals surface area contributed by atoms with E-state index >= 15 is 0 Å². The Morgan fingerprint density at radius 3 is 2.88 bits per heavy atom. The minimum atomic E-state index is -0.332. The fourth-order valence-corrected chi connectivity index (χ4v) is 3.23. The summed E-state index contributed by atoms with van der Waals surface area (Å²) in [5.41, 5.74) is 0.824. The average molecular weight is 456 g/mol. The van der Waals surface area contributed by atoms with Gasteiger partial charge >= 0.3 is 0 Å². The Bertz CT molecular complexity index is 1080. The predicted molar refractivity (Wildman–Crippen MR) is 108 cm³/mol. The fourth-order valence-electron chi connectivity index (χ4n) is 2.38. The largest absolute Gasteiger partial charge is 0.503 e. The van der Waals surface area contributed by atoms with Gasteiger partial charge < -0.3 is 14.8 Å². The van der Waals surface area contributed by atoms with Crippen LogP contribution in [0.4, 0.5) is 0 Å². The van der Waals surface area contributed by atoms with Crippen LogP contribution in [-0.2, 0) is 0 Å². The van der Waals surface area contributed by atoms with Gasteiger partial charge in [0.25, 0.3) is 5.56 Å². The van der Waals surface area contributed by atoms with Crippen LogP contribution in [0, 0.1) is 0 Å². The van der Waals surface area contributed by atoms with Crippen molar-refractivity contribution in [3.8, 4) is 11.5 Å². The maximum atomic E-state index is 12.2. The van der Waals surface area contributed by atoms with E-state index in [1.165, 1.54) is 0 Å². The Morgan fingerprint density at radius 1 is 1.38 bits per heavy atom. The third-order valence-corrected chi connectivity index (χ3v) is 4.67. The van der Waals surface area contributed by atoms with Crippen molar-refractivity contribution >= 4 is 61.1 Å². The molecule has 2 N–H and O–H groups in total. The van der Waals surface area contributed by atoms with Crippen LogP contribution < -0.4 is 10.3 Å². The fraction of sp³-hybridized carbons (Fsp3) is 0.111. The van der Waals surface area contributed by atoms with Crippen molar-refractivity contribution in [1.29, 1.82) is 0 Å². The molecule has 3 aromatic rings. The first-order valence-corrected chi connectivity index (χ1v) is 9.16. The Kier molecular flexibility index (Phi) is 5.55. The van der Waals surface area contributed by atoms with Gasteiger partial charge in [0.1, 0.15) is 0 Å². The van der Waals surface area contributed by atoms with Crippen molar-refractivity contribution in [3.63, 3.8) is 0 Å². The molecule has 26 heavy (non-hydrogen) atoms. The molecular weight excluding hydrogens is 443 g/mol. The molecule has 1 heterocycles. The number of phenolic OH excluding ortho intramolecular Hbond substituents is 1. The Morgan fingerprint density at radius 2 is 2.15 bits per heavy atom. The van der Waals surface area contributed by atoms with Gasteiger partial charge in [-0.15, -0.1) is 0 Å². The Labute approximate surface area is 167 Å². The van der Waals surface area contributed by atoms with E-state index < -0.39 is 0 Å². The molecule has 0 saturated heterocycles. The lowest BCUT2D eigenvalue weighted by Crippen LogP contribution is -2.10. The summed E-state index contributed by atoms with van der Waals surface area (Å²) in [7, 11) is 0. The van der Waals surface area contributed by atoms with Crippen LogP contribution in [0.1, 0.15) is 18.3 Å². The number of H-pyrrole nitrogens is 1. The van der Waals surface area contributed by atoms with Gasteiger partial charge in [0.05, 0.1) is 27.0 Å². The minimum absolute atomic E-state index is 0.00855. The highest BCUT2D eigenvalue weighted by molar-refractivity contribution is 9.10. The number of aromatic amines is 1. The van der Waals surface area contributed by atoms with Crippen molar-refractivity contribution < 1.29 is 9.84 Å². The summed E-state index contributed by atoms with van der Waals surface area (Å²) in [4.78, 5) is 19.3. The summed E-state index contributed by atoms with van der Waals surface area (Å²) in [6, 6.07) is 8.19. The monoisotopic (exact) mass is 454 g/mol. The molecule has 0 fully saturated rings. The highest BCUT2D eigenvalue weighted by Crippen LogP contribution is 2.36. The first kappa shape index (κ1) is 18.8. The van der Waals surface area contributed by atoms with Crippen molar-refractivity contribution in [3.05, 3.63) is 61.6 Å². The summed E-state index contributed by atoms with van der Waals surface area (Å²) in [5, 5.41) is 11.1. The lowest BCUT2D eigenvalue weighted by molar-refractivity contribution is 0.317. The Balaban J connectivity index is 2.06. The van der Waals surface area contributed by atoms with Crippen LogP contribution in [0.2, 0.25) is 5.02 Å². The van der Waals surface area contributed by atoms with Gasteiger partial charge in [-0.25, -0.2) is 4.98 Å². The van der Waals surface area contributed by atoms with Gasteiger partial charge in [0, 0.05) is 5.02 Å². The molecule has 0 unspecified atom stereocenters. The standard InChI is InChI=1S/C18H13BrCl2N2O3/c1-2-26-15-7-9(5-12(19)16(15)24)6-13(21)17-22-14-4-3-10(20)8-11(14)18(25)23-17/h3-8,24H,2H2,1H3,(H,22,23,25)/b13-6+. The maximum absolute atomic E-state index is 12.2. The second-order valence-corrected chi connectivity index (χ2v) is 7.05. The number of nitrogens with one attached hydrogen (secondary N) is 1. The molecule has 134 valence electrons. The quantitative estimate of drug-likeness (QED) is 0.568. The van der Waals surface area contributed by atoms with Gasteiger partial charge in [-0.05, 0) is 64.8 Å². The zero-order valence-electron chi connectivity index (χ0n) is 13.5. The van der Waals surface area contributed by atoms with Crippen LogP contribution in [0.3, 0.4) is 0 Å². The van der Waals surface area contributed by atoms with Crippen LogP contribution in [0.25, 0.3) is 22.0 Å². The topological polar surface area (TPSA) is 75.2 Å². The first-order valence-electron chi connectivity index (χ1n) is 7.61. The first-order chi connectivity index (χ1) is 12.4. The number of hydrogen-bond acceptors (Lipinski definition) is 4. The zero-order valence-corrected chi connectivity index (χ0v) is 16.6. The zero-order chi connectivity index (χ0) is 18.8. The van der Waals surface area contributed by atoms with Gasteiger partial charge in [0.15, 0.2) is 17.3 Å². The summed E-state index contributed by atoms with van der Waals surface area (Å²) in [6.45, 7) is 2.22. The van der Waals surface area contributed by atoms with Gasteiger partial charge in [-0.1, -0.05) is 23.2 Å². The third kappa shape index (κ3) is 3.87. The van der Waals surface area contributed by atoms with E-state index in [2.05, 4.69) is 25.9 Å². The Hall–Kier alpha value is -2.02. The van der Waals surface area contributed by atoms with Crippen LogP contribution >= 0.6 is 39.1 Å². The normalized spacial score (nSPS) is 11.8. The highest BCUT2D eigenvalue weighted by atomic mass is 79.9. The number of rotatable bonds is 4. The van der Waals surface area contributed by atoms with Crippen LogP contribution in [0.5, 0.6) is 11.5 Å². The molecule has 1 aromatic heterocycles. The van der Waals surface area contributed by atoms with Crippen molar-refractivity contribution in [2.45, 2.75) is 6.92 Å². The van der Waals surface area contributed by atoms with E-state index in [1.54, 1.807) is 36.4 Å². The van der Waals surface area contributed by atoms with E-state index in [0.29, 0.717) is 38.3 Å². The van der Waals surface area contributed by atoms with Crippen LogP contribution in [-0.4, -0.2) is 21.7 Å². The summed E-state index contributed by atoms with van der Waals surface area (Å²) in [6.07, 6.45) is 1.62. The van der Waals surface area contributed by atoms with E-state index in [-0.39, 0.29) is 22.2 Å². The van der Waals surface area contributed by atoms with Crippen molar-refractivity contribution in [2.24, 2.45) is 0 Å². The SMILES string of the molecule is CCOc1cc(/C=C(/Cl)c2nc3ccc(Cl)cc3c(=O)[nH]2)cc(Br)c1O. The highest BCUT2D eigenvalue weighted by Gasteiger charge is 2.11. The number of nitrogens with zero attached hydrogens (tertiary/aromatic N) is 1. The van der Waals surface area contributed by atoms with Crippen molar-refractivity contribution in [2.75, 3.05) is 6.61 Å². The van der Waals surface area contributed by atoms with Gasteiger partial charge in [0.2, 0.25) is 0 Å². The van der Waals surface area contributed by atoms with E-state index in [9.17, 15) is 9.90 Å². The molecule has 0 saturated carbocycles. The smallest absolute Gasteiger partial charge is 0.259 e. The number of aromatic hydroxyl groups is 1. The molecule has 0 aliphatic carbocycles. The molecule has 2 aromatic carbocycles. The number of hydrogen-bond donors (Lipinski definition) is 2. The van der Waals surface area contributed by atoms with Gasteiger partial charge in [-0.3, -0.25) is 4.79 Å². The van der Waals surface area contributed by atoms with Gasteiger partial charge in [-0.2, -0.15) is 0 Å². The van der Waals surface area contributed by atoms with E-state index in [4.69, 9.17) is 27.9 Å². The third-order valence-electron chi connectivity index (χ3n) is 3.54. The summed E-state index contributed by atoms with van der Waals surface area (Å²) in [5.74, 6) is 0.565. The minimum Gasteiger partial charge on any atom is -0.503 e. The molecule has 0 bridgehead atoms. The molecule has 3 rings (SSSR count).